The van der Waals surface area contributed by atoms with E-state index in [2.05, 4.69) is 10.3 Å². The number of hydrogen-bond donors (Lipinski definition) is 2. The van der Waals surface area contributed by atoms with Gasteiger partial charge in [-0.25, -0.2) is 9.37 Å². The molecule has 2 atom stereocenters. The highest BCUT2D eigenvalue weighted by molar-refractivity contribution is 5.63. The van der Waals surface area contributed by atoms with Crippen molar-refractivity contribution in [1.29, 1.82) is 0 Å². The molecule has 0 aliphatic heterocycles. The number of alkyl halides is 3. The Kier molecular flexibility index (Phi) is 6.57. The summed E-state index contributed by atoms with van der Waals surface area (Å²) < 4.78 is 52.2. The molecule has 1 aromatic rings. The van der Waals surface area contributed by atoms with E-state index in [1.54, 1.807) is 6.08 Å². The number of allylic oxidation sites excluding steroid dienone is 2. The summed E-state index contributed by atoms with van der Waals surface area (Å²) >= 11 is 0. The van der Waals surface area contributed by atoms with Crippen LogP contribution in [0.2, 0.25) is 0 Å². The van der Waals surface area contributed by atoms with Crippen molar-refractivity contribution in [2.75, 3.05) is 6.61 Å². The van der Waals surface area contributed by atoms with E-state index in [-0.39, 0.29) is 50.1 Å². The fourth-order valence-corrected chi connectivity index (χ4v) is 2.89. The van der Waals surface area contributed by atoms with Gasteiger partial charge in [0.1, 0.15) is 5.82 Å². The van der Waals surface area contributed by atoms with Crippen LogP contribution in [0.1, 0.15) is 44.5 Å². The topological polar surface area (TPSA) is 45.1 Å². The quantitative estimate of drug-likeness (QED) is 0.752. The average Bonchev–Trinajstić information content (AvgIpc) is 2.56. The average molecular weight is 360 g/mol. The molecular weight excluding hydrogens is 336 g/mol. The minimum atomic E-state index is -4.18. The van der Waals surface area contributed by atoms with Crippen molar-refractivity contribution in [3.63, 3.8) is 0 Å². The fraction of sp³-hybridized carbons (Fsp3) is 0.611. The summed E-state index contributed by atoms with van der Waals surface area (Å²) in [4.78, 5) is 4.28. The Morgan fingerprint density at radius 3 is 2.56 bits per heavy atom. The van der Waals surface area contributed by atoms with Crippen molar-refractivity contribution in [1.82, 2.24) is 10.3 Å². The highest BCUT2D eigenvalue weighted by Crippen LogP contribution is 2.39. The van der Waals surface area contributed by atoms with E-state index in [0.29, 0.717) is 5.69 Å². The van der Waals surface area contributed by atoms with Gasteiger partial charge in [0.2, 0.25) is 0 Å². The van der Waals surface area contributed by atoms with Gasteiger partial charge in [-0.05, 0) is 42.9 Å². The Bertz CT molecular complexity index is 614. The SMILES string of the molecule is CC(C)[C@H](CO)NCc1nc(C2=CCC(C(F)(F)F)CC2)ccc1F. The monoisotopic (exact) mass is 360 g/mol. The summed E-state index contributed by atoms with van der Waals surface area (Å²) in [6.07, 6.45) is -2.37. The third kappa shape index (κ3) is 5.25. The second-order valence-electron chi connectivity index (χ2n) is 6.78. The summed E-state index contributed by atoms with van der Waals surface area (Å²) in [5.74, 6) is -1.60. The number of pyridine rings is 1. The molecule has 0 fully saturated rings. The second-order valence-corrected chi connectivity index (χ2v) is 6.78. The lowest BCUT2D eigenvalue weighted by molar-refractivity contribution is -0.175. The molecule has 0 saturated carbocycles. The number of halogens is 4. The zero-order valence-electron chi connectivity index (χ0n) is 14.4. The molecule has 3 nitrogen and oxygen atoms in total. The first-order valence-electron chi connectivity index (χ1n) is 8.48. The van der Waals surface area contributed by atoms with E-state index < -0.39 is 17.9 Å². The number of nitrogens with one attached hydrogen (secondary N) is 1. The number of aliphatic hydroxyl groups is 1. The summed E-state index contributed by atoms with van der Waals surface area (Å²) in [7, 11) is 0. The molecule has 7 heteroatoms. The largest absolute Gasteiger partial charge is 0.395 e. The first-order chi connectivity index (χ1) is 11.7. The molecule has 1 aliphatic rings. The maximum absolute atomic E-state index is 14.0. The molecule has 0 bridgehead atoms. The molecule has 1 heterocycles. The number of nitrogens with zero attached hydrogens (tertiary/aromatic N) is 1. The van der Waals surface area contributed by atoms with Crippen molar-refractivity contribution in [3.05, 3.63) is 35.4 Å². The Morgan fingerprint density at radius 1 is 1.32 bits per heavy atom. The summed E-state index contributed by atoms with van der Waals surface area (Å²) in [6.45, 7) is 3.97. The lowest BCUT2D eigenvalue weighted by atomic mass is 9.87. The molecule has 1 aliphatic carbocycles. The molecule has 2 rings (SSSR count). The van der Waals surface area contributed by atoms with E-state index in [1.165, 1.54) is 12.1 Å². The van der Waals surface area contributed by atoms with Crippen molar-refractivity contribution in [3.8, 4) is 0 Å². The minimum Gasteiger partial charge on any atom is -0.395 e. The third-order valence-corrected chi connectivity index (χ3v) is 4.65. The van der Waals surface area contributed by atoms with Gasteiger partial charge < -0.3 is 10.4 Å². The second kappa shape index (κ2) is 8.27. The van der Waals surface area contributed by atoms with Crippen LogP contribution in [-0.4, -0.2) is 28.9 Å². The number of hydrogen-bond acceptors (Lipinski definition) is 3. The standard InChI is InChI=1S/C18H24F4N2O/c1-11(2)17(10-25)23-9-16-14(19)7-8-15(24-16)12-3-5-13(6-4-12)18(20,21)22/h3,7-8,11,13,17,23,25H,4-6,9-10H2,1-2H3/t13?,17-/m0/s1. The van der Waals surface area contributed by atoms with Gasteiger partial charge in [0.05, 0.1) is 23.9 Å². The van der Waals surface area contributed by atoms with Gasteiger partial charge in [0, 0.05) is 12.6 Å². The number of rotatable bonds is 6. The van der Waals surface area contributed by atoms with Gasteiger partial charge in [-0.15, -0.1) is 0 Å². The molecule has 140 valence electrons. The van der Waals surface area contributed by atoms with Crippen LogP contribution in [-0.2, 0) is 6.54 Å². The van der Waals surface area contributed by atoms with Crippen LogP contribution >= 0.6 is 0 Å². The van der Waals surface area contributed by atoms with E-state index >= 15 is 0 Å². The van der Waals surface area contributed by atoms with Crippen molar-refractivity contribution in [2.45, 2.75) is 51.9 Å². The van der Waals surface area contributed by atoms with E-state index in [4.69, 9.17) is 0 Å². The van der Waals surface area contributed by atoms with Crippen LogP contribution in [0.15, 0.2) is 18.2 Å². The Labute approximate surface area is 145 Å². The lowest BCUT2D eigenvalue weighted by Gasteiger charge is -2.24. The minimum absolute atomic E-state index is 0.0297. The predicted octanol–water partition coefficient (Wildman–Crippen LogP) is 4.07. The number of aromatic nitrogens is 1. The summed E-state index contributed by atoms with van der Waals surface area (Å²) in [6, 6.07) is 2.62. The summed E-state index contributed by atoms with van der Waals surface area (Å²) in [5, 5.41) is 12.4. The maximum Gasteiger partial charge on any atom is 0.392 e. The van der Waals surface area contributed by atoms with Crippen LogP contribution in [0.5, 0.6) is 0 Å². The van der Waals surface area contributed by atoms with Crippen LogP contribution in [0.25, 0.3) is 5.57 Å². The zero-order valence-corrected chi connectivity index (χ0v) is 14.4. The van der Waals surface area contributed by atoms with Gasteiger partial charge in [-0.2, -0.15) is 13.2 Å². The zero-order chi connectivity index (χ0) is 18.6. The highest BCUT2D eigenvalue weighted by atomic mass is 19.4. The van der Waals surface area contributed by atoms with E-state index in [1.807, 2.05) is 13.8 Å². The molecule has 1 unspecified atom stereocenters. The first-order valence-corrected chi connectivity index (χ1v) is 8.48. The van der Waals surface area contributed by atoms with Crippen molar-refractivity contribution in [2.24, 2.45) is 11.8 Å². The Morgan fingerprint density at radius 2 is 2.04 bits per heavy atom. The smallest absolute Gasteiger partial charge is 0.392 e. The van der Waals surface area contributed by atoms with Gasteiger partial charge in [-0.1, -0.05) is 19.9 Å². The van der Waals surface area contributed by atoms with Crippen LogP contribution in [0.4, 0.5) is 17.6 Å². The van der Waals surface area contributed by atoms with Gasteiger partial charge in [-0.3, -0.25) is 0 Å². The molecular formula is C18H24F4N2O. The van der Waals surface area contributed by atoms with Crippen LogP contribution in [0.3, 0.4) is 0 Å². The van der Waals surface area contributed by atoms with Crippen LogP contribution in [0, 0.1) is 17.7 Å². The van der Waals surface area contributed by atoms with Crippen LogP contribution < -0.4 is 5.32 Å². The molecule has 0 radical (unpaired) electrons. The fourth-order valence-electron chi connectivity index (χ4n) is 2.89. The predicted molar refractivity (Wildman–Crippen MR) is 88.1 cm³/mol. The van der Waals surface area contributed by atoms with Gasteiger partial charge in [0.15, 0.2) is 0 Å². The van der Waals surface area contributed by atoms with Gasteiger partial charge >= 0.3 is 6.18 Å². The van der Waals surface area contributed by atoms with Crippen molar-refractivity contribution < 1.29 is 22.7 Å². The first kappa shape index (κ1) is 19.8. The molecule has 0 amide bonds. The Hall–Kier alpha value is -1.47. The molecule has 1 aromatic heterocycles. The van der Waals surface area contributed by atoms with Crippen molar-refractivity contribution >= 4 is 5.57 Å². The molecule has 0 saturated heterocycles. The molecule has 2 N–H and O–H groups in total. The van der Waals surface area contributed by atoms with E-state index in [9.17, 15) is 22.7 Å². The normalized spacial score (nSPS) is 19.8. The molecule has 0 aromatic carbocycles. The lowest BCUT2D eigenvalue weighted by Crippen LogP contribution is -2.37. The Balaban J connectivity index is 2.10. The highest BCUT2D eigenvalue weighted by Gasteiger charge is 2.39. The number of aliphatic hydroxyl groups excluding tert-OH is 1. The molecule has 0 spiro atoms. The van der Waals surface area contributed by atoms with Gasteiger partial charge in [0.25, 0.3) is 0 Å². The summed E-state index contributed by atoms with van der Waals surface area (Å²) in [5.41, 5.74) is 1.45. The maximum atomic E-state index is 14.0. The van der Waals surface area contributed by atoms with E-state index in [0.717, 1.165) is 5.57 Å². The molecule has 25 heavy (non-hydrogen) atoms. The third-order valence-electron chi connectivity index (χ3n) is 4.65.